The van der Waals surface area contributed by atoms with Gasteiger partial charge in [0.05, 0.1) is 5.69 Å². The molecule has 1 fully saturated rings. The average Bonchev–Trinajstić information content (AvgIpc) is 3.03. The van der Waals surface area contributed by atoms with Crippen LogP contribution in [0.2, 0.25) is 0 Å². The highest BCUT2D eigenvalue weighted by atomic mass is 79.9. The molecule has 0 spiro atoms. The van der Waals surface area contributed by atoms with Crippen molar-refractivity contribution in [3.05, 3.63) is 33.6 Å². The number of rotatable bonds is 2. The van der Waals surface area contributed by atoms with Crippen LogP contribution in [0, 0.1) is 13.8 Å². The van der Waals surface area contributed by atoms with Crippen molar-refractivity contribution in [2.45, 2.75) is 32.6 Å². The molecule has 0 unspecified atom stereocenters. The molecule has 88 valence electrons. The van der Waals surface area contributed by atoms with Gasteiger partial charge in [-0.25, -0.2) is 0 Å². The van der Waals surface area contributed by atoms with Crippen molar-refractivity contribution in [3.63, 3.8) is 0 Å². The number of aryl methyl sites for hydroxylation is 2. The zero-order valence-corrected chi connectivity index (χ0v) is 11.4. The summed E-state index contributed by atoms with van der Waals surface area (Å²) in [5.41, 5.74) is 3.46. The Morgan fingerprint density at radius 1 is 1.24 bits per heavy atom. The zero-order valence-electron chi connectivity index (χ0n) is 9.81. The Balaban J connectivity index is 2.11. The molecule has 0 atom stereocenters. The first-order valence-corrected chi connectivity index (χ1v) is 6.51. The van der Waals surface area contributed by atoms with Gasteiger partial charge in [-0.05, 0) is 60.4 Å². The second kappa shape index (κ2) is 3.91. The molecular weight excluding hydrogens is 280 g/mol. The van der Waals surface area contributed by atoms with Gasteiger partial charge in [0.15, 0.2) is 5.82 Å². The van der Waals surface area contributed by atoms with Crippen molar-refractivity contribution < 1.29 is 0 Å². The topological polar surface area (TPSA) is 43.6 Å². The SMILES string of the molecule is Cc1cc(-n2nnnc2C2CC2)cc(C)c1Br. The van der Waals surface area contributed by atoms with Gasteiger partial charge in [-0.15, -0.1) is 5.10 Å². The lowest BCUT2D eigenvalue weighted by molar-refractivity contribution is 0.762. The van der Waals surface area contributed by atoms with E-state index in [1.54, 1.807) is 0 Å². The van der Waals surface area contributed by atoms with Crippen molar-refractivity contribution in [2.75, 3.05) is 0 Å². The molecule has 2 aromatic rings. The molecule has 0 saturated heterocycles. The molecule has 0 amide bonds. The van der Waals surface area contributed by atoms with Crippen molar-refractivity contribution in [1.29, 1.82) is 0 Å². The Morgan fingerprint density at radius 2 is 1.88 bits per heavy atom. The van der Waals surface area contributed by atoms with Gasteiger partial charge in [-0.2, -0.15) is 4.68 Å². The van der Waals surface area contributed by atoms with Crippen LogP contribution in [0.5, 0.6) is 0 Å². The molecular formula is C12H13BrN4. The fraction of sp³-hybridized carbons (Fsp3) is 0.417. The lowest BCUT2D eigenvalue weighted by atomic mass is 10.1. The molecule has 0 N–H and O–H groups in total. The monoisotopic (exact) mass is 292 g/mol. The first-order chi connectivity index (χ1) is 8.16. The molecule has 1 aliphatic rings. The second-order valence-corrected chi connectivity index (χ2v) is 5.41. The van der Waals surface area contributed by atoms with E-state index in [-0.39, 0.29) is 0 Å². The summed E-state index contributed by atoms with van der Waals surface area (Å²) in [6.07, 6.45) is 2.41. The molecule has 3 rings (SSSR count). The predicted molar refractivity (Wildman–Crippen MR) is 68.3 cm³/mol. The molecule has 1 aliphatic carbocycles. The van der Waals surface area contributed by atoms with E-state index < -0.39 is 0 Å². The molecule has 0 bridgehead atoms. The van der Waals surface area contributed by atoms with Gasteiger partial charge in [0.2, 0.25) is 0 Å². The van der Waals surface area contributed by atoms with Crippen molar-refractivity contribution in [1.82, 2.24) is 20.2 Å². The molecule has 1 heterocycles. The molecule has 5 heteroatoms. The minimum absolute atomic E-state index is 0.550. The van der Waals surface area contributed by atoms with Crippen LogP contribution in [0.4, 0.5) is 0 Å². The normalized spacial score (nSPS) is 15.2. The van der Waals surface area contributed by atoms with Gasteiger partial charge in [0, 0.05) is 10.4 Å². The summed E-state index contributed by atoms with van der Waals surface area (Å²) < 4.78 is 3.02. The Bertz CT molecular complexity index is 549. The molecule has 0 radical (unpaired) electrons. The highest BCUT2D eigenvalue weighted by Crippen LogP contribution is 2.39. The Kier molecular flexibility index (Phi) is 2.50. The van der Waals surface area contributed by atoms with Crippen LogP contribution in [0.25, 0.3) is 5.69 Å². The molecule has 1 aromatic heterocycles. The van der Waals surface area contributed by atoms with Gasteiger partial charge in [-0.1, -0.05) is 15.9 Å². The third kappa shape index (κ3) is 1.88. The standard InChI is InChI=1S/C12H13BrN4/c1-7-5-10(6-8(2)11(7)13)17-12(9-3-4-9)14-15-16-17/h5-6,9H,3-4H2,1-2H3. The van der Waals surface area contributed by atoms with E-state index in [0.717, 1.165) is 16.0 Å². The third-order valence-electron chi connectivity index (χ3n) is 3.10. The number of halogens is 1. The maximum absolute atomic E-state index is 4.13. The lowest BCUT2D eigenvalue weighted by Crippen LogP contribution is -2.03. The van der Waals surface area contributed by atoms with Crippen LogP contribution in [-0.2, 0) is 0 Å². The highest BCUT2D eigenvalue weighted by Gasteiger charge is 2.30. The number of benzene rings is 1. The van der Waals surface area contributed by atoms with Gasteiger partial charge < -0.3 is 0 Å². The summed E-state index contributed by atoms with van der Waals surface area (Å²) in [5, 5.41) is 12.0. The summed E-state index contributed by atoms with van der Waals surface area (Å²) in [6, 6.07) is 4.22. The summed E-state index contributed by atoms with van der Waals surface area (Å²) >= 11 is 3.58. The summed E-state index contributed by atoms with van der Waals surface area (Å²) in [6.45, 7) is 4.17. The summed E-state index contributed by atoms with van der Waals surface area (Å²) in [4.78, 5) is 0. The van der Waals surface area contributed by atoms with Crippen molar-refractivity contribution in [3.8, 4) is 5.69 Å². The fourth-order valence-corrected chi connectivity index (χ4v) is 2.25. The van der Waals surface area contributed by atoms with E-state index in [1.807, 2.05) is 4.68 Å². The predicted octanol–water partition coefficient (Wildman–Crippen LogP) is 2.92. The second-order valence-electron chi connectivity index (χ2n) is 4.62. The van der Waals surface area contributed by atoms with E-state index in [2.05, 4.69) is 57.4 Å². The zero-order chi connectivity index (χ0) is 12.0. The number of aromatic nitrogens is 4. The van der Waals surface area contributed by atoms with Crippen LogP contribution in [0.3, 0.4) is 0 Å². The van der Waals surface area contributed by atoms with E-state index in [1.165, 1.54) is 24.0 Å². The molecule has 4 nitrogen and oxygen atoms in total. The van der Waals surface area contributed by atoms with E-state index >= 15 is 0 Å². The number of hydrogen-bond donors (Lipinski definition) is 0. The average molecular weight is 293 g/mol. The van der Waals surface area contributed by atoms with Crippen LogP contribution < -0.4 is 0 Å². The van der Waals surface area contributed by atoms with Gasteiger partial charge in [0.25, 0.3) is 0 Å². The van der Waals surface area contributed by atoms with Gasteiger partial charge in [-0.3, -0.25) is 0 Å². The maximum Gasteiger partial charge on any atom is 0.159 e. The van der Waals surface area contributed by atoms with E-state index in [9.17, 15) is 0 Å². The fourth-order valence-electron chi connectivity index (χ4n) is 2.02. The van der Waals surface area contributed by atoms with Gasteiger partial charge in [0.1, 0.15) is 0 Å². The highest BCUT2D eigenvalue weighted by molar-refractivity contribution is 9.10. The summed E-state index contributed by atoms with van der Waals surface area (Å²) in [7, 11) is 0. The van der Waals surface area contributed by atoms with E-state index in [4.69, 9.17) is 0 Å². The minimum atomic E-state index is 0.550. The first kappa shape index (κ1) is 10.9. The van der Waals surface area contributed by atoms with Crippen LogP contribution in [0.1, 0.15) is 35.7 Å². The largest absolute Gasteiger partial charge is 0.197 e. The van der Waals surface area contributed by atoms with E-state index in [0.29, 0.717) is 5.92 Å². The number of hydrogen-bond acceptors (Lipinski definition) is 3. The Morgan fingerprint density at radius 3 is 2.47 bits per heavy atom. The number of nitrogens with zero attached hydrogens (tertiary/aromatic N) is 4. The van der Waals surface area contributed by atoms with Crippen molar-refractivity contribution >= 4 is 15.9 Å². The maximum atomic E-state index is 4.13. The molecule has 1 aromatic carbocycles. The quantitative estimate of drug-likeness (QED) is 0.855. The number of tetrazole rings is 1. The third-order valence-corrected chi connectivity index (χ3v) is 4.35. The lowest BCUT2D eigenvalue weighted by Gasteiger charge is -2.08. The molecule has 1 saturated carbocycles. The van der Waals surface area contributed by atoms with Crippen LogP contribution in [0.15, 0.2) is 16.6 Å². The Hall–Kier alpha value is -1.23. The van der Waals surface area contributed by atoms with Crippen LogP contribution >= 0.6 is 15.9 Å². The molecule has 17 heavy (non-hydrogen) atoms. The molecule has 0 aliphatic heterocycles. The summed E-state index contributed by atoms with van der Waals surface area (Å²) in [5.74, 6) is 1.54. The van der Waals surface area contributed by atoms with Crippen molar-refractivity contribution in [2.24, 2.45) is 0 Å². The van der Waals surface area contributed by atoms with Gasteiger partial charge >= 0.3 is 0 Å². The smallest absolute Gasteiger partial charge is 0.159 e. The first-order valence-electron chi connectivity index (χ1n) is 5.72. The Labute approximate surface area is 108 Å². The minimum Gasteiger partial charge on any atom is -0.197 e. The van der Waals surface area contributed by atoms with Crippen LogP contribution in [-0.4, -0.2) is 20.2 Å².